The molecule has 0 unspecified atom stereocenters. The van der Waals surface area contributed by atoms with Crippen LogP contribution in [0.1, 0.15) is 10.4 Å². The summed E-state index contributed by atoms with van der Waals surface area (Å²) < 4.78 is 1.83. The number of imidazole rings is 1. The highest BCUT2D eigenvalue weighted by atomic mass is 16.4. The second-order valence-corrected chi connectivity index (χ2v) is 3.47. The van der Waals surface area contributed by atoms with Gasteiger partial charge in [0.05, 0.1) is 5.56 Å². The highest BCUT2D eigenvalue weighted by molar-refractivity contribution is 5.90. The number of nitrogens with zero attached hydrogens (tertiary/aromatic N) is 2. The molecule has 2 aromatic rings. The van der Waals surface area contributed by atoms with Gasteiger partial charge >= 0.3 is 5.97 Å². The Kier molecular flexibility index (Phi) is 2.36. The first kappa shape index (κ1) is 10.2. The minimum atomic E-state index is -0.988. The van der Waals surface area contributed by atoms with Crippen molar-refractivity contribution in [3.8, 4) is 11.4 Å². The fourth-order valence-corrected chi connectivity index (χ4v) is 1.52. The second-order valence-electron chi connectivity index (χ2n) is 3.47. The molecular weight excluding hydrogens is 206 g/mol. The summed E-state index contributed by atoms with van der Waals surface area (Å²) >= 11 is 0. The topological polar surface area (TPSA) is 81.1 Å². The Hall–Kier alpha value is -2.30. The number of carboxylic acids is 1. The number of carboxylic acid groups (broad SMARTS) is 1. The summed E-state index contributed by atoms with van der Waals surface area (Å²) in [6.07, 6.45) is 3.47. The minimum absolute atomic E-state index is 0.176. The van der Waals surface area contributed by atoms with Crippen molar-refractivity contribution >= 4 is 11.7 Å². The Labute approximate surface area is 92.2 Å². The normalized spacial score (nSPS) is 10.3. The molecule has 0 amide bonds. The predicted octanol–water partition coefficient (Wildman–Crippen LogP) is 1.37. The number of nitrogen functional groups attached to an aromatic ring is 1. The number of aromatic carboxylic acids is 1. The van der Waals surface area contributed by atoms with Crippen LogP contribution in [0.2, 0.25) is 0 Å². The van der Waals surface area contributed by atoms with Gasteiger partial charge in [-0.2, -0.15) is 0 Å². The van der Waals surface area contributed by atoms with Crippen molar-refractivity contribution in [2.24, 2.45) is 7.05 Å². The molecule has 3 N–H and O–H groups in total. The van der Waals surface area contributed by atoms with E-state index in [4.69, 9.17) is 10.8 Å². The third-order valence-corrected chi connectivity index (χ3v) is 2.36. The molecule has 0 aliphatic heterocycles. The van der Waals surface area contributed by atoms with E-state index in [9.17, 15) is 4.79 Å². The molecule has 1 aromatic carbocycles. The summed E-state index contributed by atoms with van der Waals surface area (Å²) in [5, 5.41) is 8.81. The SMILES string of the molecule is Cn1ccnc1-c1ccc(C(=O)O)cc1N. The van der Waals surface area contributed by atoms with Crippen LogP contribution in [0.4, 0.5) is 5.69 Å². The Morgan fingerprint density at radius 1 is 1.50 bits per heavy atom. The van der Waals surface area contributed by atoms with Crippen LogP contribution in [0.25, 0.3) is 11.4 Å². The number of hydrogen-bond acceptors (Lipinski definition) is 3. The van der Waals surface area contributed by atoms with Crippen LogP contribution >= 0.6 is 0 Å². The second kappa shape index (κ2) is 3.69. The Balaban J connectivity index is 2.52. The molecule has 16 heavy (non-hydrogen) atoms. The van der Waals surface area contributed by atoms with E-state index in [0.717, 1.165) is 11.4 Å². The average molecular weight is 217 g/mol. The third-order valence-electron chi connectivity index (χ3n) is 2.36. The maximum absolute atomic E-state index is 10.7. The molecule has 5 nitrogen and oxygen atoms in total. The smallest absolute Gasteiger partial charge is 0.335 e. The van der Waals surface area contributed by atoms with Crippen LogP contribution in [-0.2, 0) is 7.05 Å². The number of anilines is 1. The number of rotatable bonds is 2. The van der Waals surface area contributed by atoms with Gasteiger partial charge in [0.2, 0.25) is 0 Å². The molecule has 5 heteroatoms. The number of hydrogen-bond donors (Lipinski definition) is 2. The average Bonchev–Trinajstić information content (AvgIpc) is 2.64. The fourth-order valence-electron chi connectivity index (χ4n) is 1.52. The first-order valence-corrected chi connectivity index (χ1v) is 4.70. The van der Waals surface area contributed by atoms with Crippen LogP contribution in [0, 0.1) is 0 Å². The maximum atomic E-state index is 10.7. The van der Waals surface area contributed by atoms with Crippen molar-refractivity contribution in [3.63, 3.8) is 0 Å². The first-order valence-electron chi connectivity index (χ1n) is 4.70. The van der Waals surface area contributed by atoms with Crippen molar-refractivity contribution < 1.29 is 9.90 Å². The van der Waals surface area contributed by atoms with Gasteiger partial charge in [0.1, 0.15) is 5.82 Å². The fraction of sp³-hybridized carbons (Fsp3) is 0.0909. The molecule has 0 fully saturated rings. The zero-order valence-electron chi connectivity index (χ0n) is 8.71. The first-order chi connectivity index (χ1) is 7.59. The molecule has 1 aromatic heterocycles. The lowest BCUT2D eigenvalue weighted by molar-refractivity contribution is 0.0697. The van der Waals surface area contributed by atoms with E-state index in [1.807, 2.05) is 11.6 Å². The van der Waals surface area contributed by atoms with E-state index in [1.54, 1.807) is 18.5 Å². The lowest BCUT2D eigenvalue weighted by Crippen LogP contribution is -2.01. The van der Waals surface area contributed by atoms with E-state index >= 15 is 0 Å². The molecule has 0 aliphatic rings. The monoisotopic (exact) mass is 217 g/mol. The van der Waals surface area contributed by atoms with Crippen molar-refractivity contribution in [1.29, 1.82) is 0 Å². The van der Waals surface area contributed by atoms with Gasteiger partial charge in [-0.15, -0.1) is 0 Å². The van der Waals surface area contributed by atoms with Crippen LogP contribution < -0.4 is 5.73 Å². The van der Waals surface area contributed by atoms with E-state index in [2.05, 4.69) is 4.98 Å². The maximum Gasteiger partial charge on any atom is 0.335 e. The van der Waals surface area contributed by atoms with E-state index < -0.39 is 5.97 Å². The predicted molar refractivity (Wildman–Crippen MR) is 60.0 cm³/mol. The Bertz CT molecular complexity index is 546. The molecule has 1 heterocycles. The number of aromatic nitrogens is 2. The zero-order chi connectivity index (χ0) is 11.7. The highest BCUT2D eigenvalue weighted by Crippen LogP contribution is 2.24. The molecule has 0 saturated carbocycles. The van der Waals surface area contributed by atoms with Crippen molar-refractivity contribution in [1.82, 2.24) is 9.55 Å². The van der Waals surface area contributed by atoms with Gasteiger partial charge in [0, 0.05) is 30.7 Å². The van der Waals surface area contributed by atoms with Gasteiger partial charge in [-0.05, 0) is 18.2 Å². The van der Waals surface area contributed by atoms with E-state index in [-0.39, 0.29) is 5.56 Å². The zero-order valence-corrected chi connectivity index (χ0v) is 8.71. The van der Waals surface area contributed by atoms with Gasteiger partial charge in [0.15, 0.2) is 0 Å². The van der Waals surface area contributed by atoms with E-state index in [1.165, 1.54) is 12.1 Å². The Morgan fingerprint density at radius 3 is 2.75 bits per heavy atom. The van der Waals surface area contributed by atoms with Gasteiger partial charge in [-0.1, -0.05) is 0 Å². The van der Waals surface area contributed by atoms with Crippen LogP contribution in [0.5, 0.6) is 0 Å². The lowest BCUT2D eigenvalue weighted by atomic mass is 10.1. The third kappa shape index (κ3) is 1.63. The molecular formula is C11H11N3O2. The summed E-state index contributed by atoms with van der Waals surface area (Å²) in [7, 11) is 1.85. The highest BCUT2D eigenvalue weighted by Gasteiger charge is 2.10. The van der Waals surface area contributed by atoms with E-state index in [0.29, 0.717) is 5.69 Å². The molecule has 0 atom stereocenters. The summed E-state index contributed by atoms with van der Waals surface area (Å²) in [5.74, 6) is -0.271. The van der Waals surface area contributed by atoms with Gasteiger partial charge < -0.3 is 15.4 Å². The number of aryl methyl sites for hydroxylation is 1. The minimum Gasteiger partial charge on any atom is -0.478 e. The molecule has 0 bridgehead atoms. The van der Waals surface area contributed by atoms with Gasteiger partial charge in [-0.25, -0.2) is 9.78 Å². The van der Waals surface area contributed by atoms with Crippen LogP contribution in [-0.4, -0.2) is 20.6 Å². The number of carbonyl (C=O) groups is 1. The number of benzene rings is 1. The van der Waals surface area contributed by atoms with Gasteiger partial charge in [-0.3, -0.25) is 0 Å². The lowest BCUT2D eigenvalue weighted by Gasteiger charge is -2.06. The van der Waals surface area contributed by atoms with Crippen molar-refractivity contribution in [2.45, 2.75) is 0 Å². The molecule has 0 saturated heterocycles. The summed E-state index contributed by atoms with van der Waals surface area (Å²) in [6, 6.07) is 4.62. The van der Waals surface area contributed by atoms with Crippen molar-refractivity contribution in [2.75, 3.05) is 5.73 Å². The molecule has 0 spiro atoms. The van der Waals surface area contributed by atoms with Gasteiger partial charge in [0.25, 0.3) is 0 Å². The standard InChI is InChI=1S/C11H11N3O2/c1-14-5-4-13-10(14)8-3-2-7(11(15)16)6-9(8)12/h2-6H,12H2,1H3,(H,15,16). The van der Waals surface area contributed by atoms with Crippen LogP contribution in [0.3, 0.4) is 0 Å². The quantitative estimate of drug-likeness (QED) is 0.744. The Morgan fingerprint density at radius 2 is 2.25 bits per heavy atom. The summed E-state index contributed by atoms with van der Waals surface area (Å²) in [4.78, 5) is 14.9. The van der Waals surface area contributed by atoms with Crippen LogP contribution in [0.15, 0.2) is 30.6 Å². The molecule has 0 aliphatic carbocycles. The summed E-state index contributed by atoms with van der Waals surface area (Å²) in [6.45, 7) is 0. The molecule has 2 rings (SSSR count). The number of nitrogens with two attached hydrogens (primary N) is 1. The van der Waals surface area contributed by atoms with Crippen molar-refractivity contribution in [3.05, 3.63) is 36.2 Å². The molecule has 82 valence electrons. The summed E-state index contributed by atoms with van der Waals surface area (Å²) in [5.41, 5.74) is 7.12. The largest absolute Gasteiger partial charge is 0.478 e. The molecule has 0 radical (unpaired) electrons.